The predicted octanol–water partition coefficient (Wildman–Crippen LogP) is 3.00. The lowest BCUT2D eigenvalue weighted by Gasteiger charge is -2.15. The van der Waals surface area contributed by atoms with Gasteiger partial charge in [-0.25, -0.2) is 8.42 Å². The number of rotatable bonds is 7. The molecule has 0 spiro atoms. The number of hydrogen-bond acceptors (Lipinski definition) is 6. The number of aliphatic hydroxyl groups excluding tert-OH is 1. The molecule has 27 heavy (non-hydrogen) atoms. The van der Waals surface area contributed by atoms with Crippen LogP contribution in [-0.4, -0.2) is 38.9 Å². The highest BCUT2D eigenvalue weighted by Gasteiger charge is 2.20. The minimum absolute atomic E-state index is 0.115. The van der Waals surface area contributed by atoms with E-state index in [2.05, 4.69) is 0 Å². The molecule has 1 N–H and O–H groups in total. The van der Waals surface area contributed by atoms with Crippen molar-refractivity contribution < 1.29 is 27.7 Å². The second-order valence-corrected chi connectivity index (χ2v) is 9.05. The fourth-order valence-electron chi connectivity index (χ4n) is 3.32. The van der Waals surface area contributed by atoms with Crippen LogP contribution in [0.1, 0.15) is 23.1 Å². The molecule has 146 valence electrons. The summed E-state index contributed by atoms with van der Waals surface area (Å²) in [5.41, 5.74) is 4.74. The van der Waals surface area contributed by atoms with Crippen molar-refractivity contribution in [1.82, 2.24) is 0 Å². The Morgan fingerprint density at radius 3 is 2.44 bits per heavy atom. The summed E-state index contributed by atoms with van der Waals surface area (Å²) in [6.45, 7) is 4.37. The van der Waals surface area contributed by atoms with Crippen LogP contribution in [0.2, 0.25) is 0 Å². The van der Waals surface area contributed by atoms with E-state index in [-0.39, 0.29) is 19.2 Å². The zero-order valence-electron chi connectivity index (χ0n) is 15.7. The first-order chi connectivity index (χ1) is 12.8. The lowest BCUT2D eigenvalue weighted by molar-refractivity contribution is 0.171. The molecule has 2 aromatic rings. The summed E-state index contributed by atoms with van der Waals surface area (Å²) < 4.78 is 39.0. The predicted molar refractivity (Wildman–Crippen MR) is 103 cm³/mol. The van der Waals surface area contributed by atoms with Crippen LogP contribution in [0.4, 0.5) is 0 Å². The number of aryl methyl sites for hydroxylation is 2. The second kappa shape index (κ2) is 7.78. The van der Waals surface area contributed by atoms with Gasteiger partial charge in [0.05, 0.1) is 19.0 Å². The van der Waals surface area contributed by atoms with Gasteiger partial charge in [0.2, 0.25) is 6.79 Å². The molecule has 0 amide bonds. The van der Waals surface area contributed by atoms with Crippen molar-refractivity contribution in [3.63, 3.8) is 0 Å². The normalized spacial score (nSPS) is 13.0. The molecule has 0 saturated carbocycles. The third kappa shape index (κ3) is 4.54. The number of sulfone groups is 1. The summed E-state index contributed by atoms with van der Waals surface area (Å²) in [6.07, 6.45) is 1.68. The molecule has 0 aliphatic carbocycles. The quantitative estimate of drug-likeness (QED) is 0.730. The zero-order chi connectivity index (χ0) is 19.6. The molecule has 0 unspecified atom stereocenters. The number of benzene rings is 2. The van der Waals surface area contributed by atoms with E-state index in [1.54, 1.807) is 0 Å². The molecule has 0 radical (unpaired) electrons. The highest BCUT2D eigenvalue weighted by molar-refractivity contribution is 7.90. The van der Waals surface area contributed by atoms with Gasteiger partial charge in [-0.3, -0.25) is 0 Å². The summed E-state index contributed by atoms with van der Waals surface area (Å²) in [7, 11) is -2.97. The molecule has 3 rings (SSSR count). The van der Waals surface area contributed by atoms with Gasteiger partial charge in [-0.15, -0.1) is 0 Å². The van der Waals surface area contributed by atoms with Gasteiger partial charge in [0.1, 0.15) is 15.6 Å². The van der Waals surface area contributed by atoms with Crippen LogP contribution in [-0.2, 0) is 16.4 Å². The maximum absolute atomic E-state index is 11.2. The Kier molecular flexibility index (Phi) is 5.62. The Labute approximate surface area is 159 Å². The summed E-state index contributed by atoms with van der Waals surface area (Å²) in [6, 6.07) is 7.71. The Bertz CT molecular complexity index is 926. The SMILES string of the molecule is Cc1cc(OCCCS(C)(=O)=O)cc(C)c1-c1cc(CO)c2c(c1)OCO2. The summed E-state index contributed by atoms with van der Waals surface area (Å²) in [4.78, 5) is 0. The Hall–Kier alpha value is -2.25. The average molecular weight is 392 g/mol. The number of fused-ring (bicyclic) bond motifs is 1. The summed E-state index contributed by atoms with van der Waals surface area (Å²) >= 11 is 0. The van der Waals surface area contributed by atoms with Crippen LogP contribution >= 0.6 is 0 Å². The highest BCUT2D eigenvalue weighted by Crippen LogP contribution is 2.41. The highest BCUT2D eigenvalue weighted by atomic mass is 32.2. The third-order valence-electron chi connectivity index (χ3n) is 4.44. The van der Waals surface area contributed by atoms with Gasteiger partial charge in [-0.05, 0) is 66.8 Å². The average Bonchev–Trinajstić information content (AvgIpc) is 3.05. The van der Waals surface area contributed by atoms with Crippen molar-refractivity contribution in [2.24, 2.45) is 0 Å². The van der Waals surface area contributed by atoms with Crippen molar-refractivity contribution in [2.45, 2.75) is 26.9 Å². The third-order valence-corrected chi connectivity index (χ3v) is 5.47. The van der Waals surface area contributed by atoms with Crippen molar-refractivity contribution >= 4 is 9.84 Å². The van der Waals surface area contributed by atoms with Crippen LogP contribution < -0.4 is 14.2 Å². The van der Waals surface area contributed by atoms with Gasteiger partial charge in [0, 0.05) is 11.8 Å². The molecule has 0 bridgehead atoms. The van der Waals surface area contributed by atoms with Gasteiger partial charge in [0.15, 0.2) is 11.5 Å². The van der Waals surface area contributed by atoms with Crippen molar-refractivity contribution in [1.29, 1.82) is 0 Å². The molecule has 0 atom stereocenters. The molecule has 0 saturated heterocycles. The topological polar surface area (TPSA) is 82.1 Å². The standard InChI is InChI=1S/C20H24O6S/c1-13-7-17(24-5-4-6-27(3,22)23)8-14(2)19(13)15-9-16(11-21)20-18(10-15)25-12-26-20/h7-10,21H,4-6,11-12H2,1-3H3. The molecule has 0 aromatic heterocycles. The lowest BCUT2D eigenvalue weighted by atomic mass is 9.93. The molecular formula is C20H24O6S. The molecule has 6 nitrogen and oxygen atoms in total. The smallest absolute Gasteiger partial charge is 0.231 e. The minimum atomic E-state index is -2.97. The number of hydrogen-bond donors (Lipinski definition) is 1. The fraction of sp³-hybridized carbons (Fsp3) is 0.400. The van der Waals surface area contributed by atoms with Gasteiger partial charge in [-0.2, -0.15) is 0 Å². The number of aliphatic hydroxyl groups is 1. The summed E-state index contributed by atoms with van der Waals surface area (Å²) in [5, 5.41) is 9.64. The maximum atomic E-state index is 11.2. The lowest BCUT2D eigenvalue weighted by Crippen LogP contribution is -2.08. The van der Waals surface area contributed by atoms with Crippen molar-refractivity contribution in [2.75, 3.05) is 25.4 Å². The van der Waals surface area contributed by atoms with E-state index in [1.165, 1.54) is 6.26 Å². The van der Waals surface area contributed by atoms with Gasteiger partial charge in [0.25, 0.3) is 0 Å². The Morgan fingerprint density at radius 1 is 1.11 bits per heavy atom. The van der Waals surface area contributed by atoms with Gasteiger partial charge < -0.3 is 19.3 Å². The largest absolute Gasteiger partial charge is 0.494 e. The Balaban J connectivity index is 1.84. The van der Waals surface area contributed by atoms with Crippen LogP contribution in [0.25, 0.3) is 11.1 Å². The summed E-state index contributed by atoms with van der Waals surface area (Å²) in [5.74, 6) is 2.06. The molecule has 0 fully saturated rings. The van der Waals surface area contributed by atoms with Crippen LogP contribution in [0, 0.1) is 13.8 Å². The van der Waals surface area contributed by atoms with Crippen LogP contribution in [0.5, 0.6) is 17.2 Å². The number of ether oxygens (including phenoxy) is 3. The van der Waals surface area contributed by atoms with Crippen LogP contribution in [0.15, 0.2) is 24.3 Å². The fourth-order valence-corrected chi connectivity index (χ4v) is 3.96. The second-order valence-electron chi connectivity index (χ2n) is 6.79. The van der Waals surface area contributed by atoms with E-state index in [0.29, 0.717) is 35.8 Å². The monoisotopic (exact) mass is 392 g/mol. The zero-order valence-corrected chi connectivity index (χ0v) is 16.6. The van der Waals surface area contributed by atoms with Crippen molar-refractivity contribution in [3.8, 4) is 28.4 Å². The molecule has 1 aliphatic heterocycles. The first kappa shape index (κ1) is 19.5. The van der Waals surface area contributed by atoms with E-state index in [0.717, 1.165) is 22.3 Å². The molecule has 1 aliphatic rings. The van der Waals surface area contributed by atoms with E-state index in [4.69, 9.17) is 14.2 Å². The molecule has 1 heterocycles. The van der Waals surface area contributed by atoms with Crippen molar-refractivity contribution in [3.05, 3.63) is 41.0 Å². The van der Waals surface area contributed by atoms with Gasteiger partial charge >= 0.3 is 0 Å². The van der Waals surface area contributed by atoms with Gasteiger partial charge in [-0.1, -0.05) is 0 Å². The van der Waals surface area contributed by atoms with E-state index in [9.17, 15) is 13.5 Å². The first-order valence-electron chi connectivity index (χ1n) is 8.74. The molecule has 2 aromatic carbocycles. The Morgan fingerprint density at radius 2 is 1.81 bits per heavy atom. The van der Waals surface area contributed by atoms with E-state index < -0.39 is 9.84 Å². The van der Waals surface area contributed by atoms with E-state index >= 15 is 0 Å². The molecular weight excluding hydrogens is 368 g/mol. The molecule has 7 heteroatoms. The maximum Gasteiger partial charge on any atom is 0.231 e. The first-order valence-corrected chi connectivity index (χ1v) is 10.8. The van der Waals surface area contributed by atoms with Crippen LogP contribution in [0.3, 0.4) is 0 Å². The minimum Gasteiger partial charge on any atom is -0.494 e. The van der Waals surface area contributed by atoms with E-state index in [1.807, 2.05) is 38.1 Å².